The summed E-state index contributed by atoms with van der Waals surface area (Å²) in [7, 11) is 0. The molecule has 0 N–H and O–H groups in total. The summed E-state index contributed by atoms with van der Waals surface area (Å²) in [6.07, 6.45) is 6.75. The van der Waals surface area contributed by atoms with E-state index < -0.39 is 5.82 Å². The summed E-state index contributed by atoms with van der Waals surface area (Å²) in [5.74, 6) is -0.440. The van der Waals surface area contributed by atoms with Gasteiger partial charge in [-0.05, 0) is 62.2 Å². The van der Waals surface area contributed by atoms with E-state index in [-0.39, 0.29) is 11.4 Å². The van der Waals surface area contributed by atoms with Crippen molar-refractivity contribution in [1.29, 1.82) is 0 Å². The fraction of sp³-hybridized carbons (Fsp3) is 0.318. The number of rotatable bonds is 5. The molecule has 7 heteroatoms. The highest BCUT2D eigenvalue weighted by atomic mass is 19.1. The molecule has 1 aliphatic heterocycles. The van der Waals surface area contributed by atoms with Crippen LogP contribution in [0, 0.1) is 17.6 Å². The molecule has 0 amide bonds. The van der Waals surface area contributed by atoms with Crippen LogP contribution in [0.1, 0.15) is 18.4 Å². The van der Waals surface area contributed by atoms with E-state index in [1.54, 1.807) is 29.4 Å². The number of hydrogen-bond acceptors (Lipinski definition) is 4. The van der Waals surface area contributed by atoms with E-state index in [2.05, 4.69) is 14.9 Å². The summed E-state index contributed by atoms with van der Waals surface area (Å²) in [4.78, 5) is 23.1. The molecule has 3 aromatic rings. The van der Waals surface area contributed by atoms with Crippen molar-refractivity contribution < 1.29 is 8.78 Å². The number of hydrogen-bond donors (Lipinski definition) is 0. The molecule has 4 rings (SSSR count). The lowest BCUT2D eigenvalue weighted by Crippen LogP contribution is -2.36. The third kappa shape index (κ3) is 4.74. The maximum Gasteiger partial charge on any atom is 0.253 e. The minimum Gasteiger partial charge on any atom is -0.299 e. The molecule has 0 aliphatic carbocycles. The largest absolute Gasteiger partial charge is 0.299 e. The predicted molar refractivity (Wildman–Crippen MR) is 106 cm³/mol. The first-order chi connectivity index (χ1) is 14.1. The van der Waals surface area contributed by atoms with Crippen molar-refractivity contribution in [3.8, 4) is 11.3 Å². The third-order valence-electron chi connectivity index (χ3n) is 5.40. The summed E-state index contributed by atoms with van der Waals surface area (Å²) in [6, 6.07) is 8.79. The molecular weight excluding hydrogens is 374 g/mol. The van der Waals surface area contributed by atoms with Gasteiger partial charge in [0.15, 0.2) is 0 Å². The lowest BCUT2D eigenvalue weighted by atomic mass is 9.96. The Morgan fingerprint density at radius 2 is 1.93 bits per heavy atom. The lowest BCUT2D eigenvalue weighted by Gasteiger charge is -2.32. The first-order valence-electron chi connectivity index (χ1n) is 9.71. The summed E-state index contributed by atoms with van der Waals surface area (Å²) in [5, 5.41) is 0. The SMILES string of the molecule is O=c1cc(-c2cccnc2)ncn1CC1CCN(Cc2cc(F)ccc2F)CC1. The molecule has 1 saturated heterocycles. The minimum absolute atomic E-state index is 0.0804. The normalized spacial score (nSPS) is 15.5. The van der Waals surface area contributed by atoms with Crippen molar-refractivity contribution in [1.82, 2.24) is 19.4 Å². The number of benzene rings is 1. The number of nitrogens with zero attached hydrogens (tertiary/aromatic N) is 4. The van der Waals surface area contributed by atoms with Gasteiger partial charge in [-0.1, -0.05) is 0 Å². The molecule has 1 fully saturated rings. The smallest absolute Gasteiger partial charge is 0.253 e. The Bertz CT molecular complexity index is 1030. The molecule has 150 valence electrons. The Morgan fingerprint density at radius 3 is 2.66 bits per heavy atom. The topological polar surface area (TPSA) is 51.0 Å². The van der Waals surface area contributed by atoms with Gasteiger partial charge < -0.3 is 0 Å². The average molecular weight is 396 g/mol. The maximum absolute atomic E-state index is 13.8. The third-order valence-corrected chi connectivity index (χ3v) is 5.40. The van der Waals surface area contributed by atoms with Crippen LogP contribution in [0.5, 0.6) is 0 Å². The number of likely N-dealkylation sites (tertiary alicyclic amines) is 1. The van der Waals surface area contributed by atoms with Crippen LogP contribution in [0.3, 0.4) is 0 Å². The predicted octanol–water partition coefficient (Wildman–Crippen LogP) is 3.50. The van der Waals surface area contributed by atoms with E-state index in [0.717, 1.165) is 37.6 Å². The maximum atomic E-state index is 13.8. The molecule has 1 aromatic carbocycles. The molecular formula is C22H22F2N4O. The van der Waals surface area contributed by atoms with Gasteiger partial charge >= 0.3 is 0 Å². The van der Waals surface area contributed by atoms with Crippen molar-refractivity contribution in [3.05, 3.63) is 82.7 Å². The molecule has 29 heavy (non-hydrogen) atoms. The van der Waals surface area contributed by atoms with E-state index >= 15 is 0 Å². The highest BCUT2D eigenvalue weighted by Crippen LogP contribution is 2.22. The second-order valence-corrected chi connectivity index (χ2v) is 7.46. The van der Waals surface area contributed by atoms with Crippen molar-refractivity contribution >= 4 is 0 Å². The second-order valence-electron chi connectivity index (χ2n) is 7.46. The van der Waals surface area contributed by atoms with Crippen molar-refractivity contribution in [2.45, 2.75) is 25.9 Å². The number of aromatic nitrogens is 3. The van der Waals surface area contributed by atoms with Gasteiger partial charge in [0.05, 0.1) is 12.0 Å². The Balaban J connectivity index is 1.35. The van der Waals surface area contributed by atoms with Crippen molar-refractivity contribution in [2.75, 3.05) is 13.1 Å². The van der Waals surface area contributed by atoms with Crippen molar-refractivity contribution in [3.63, 3.8) is 0 Å². The van der Waals surface area contributed by atoms with Gasteiger partial charge in [0.1, 0.15) is 11.6 Å². The highest BCUT2D eigenvalue weighted by Gasteiger charge is 2.21. The molecule has 0 bridgehead atoms. The number of pyridine rings is 1. The van der Waals surface area contributed by atoms with Gasteiger partial charge in [0.2, 0.25) is 0 Å². The fourth-order valence-electron chi connectivity index (χ4n) is 3.75. The van der Waals surface area contributed by atoms with Crippen LogP contribution in [0.4, 0.5) is 8.78 Å². The molecule has 2 aromatic heterocycles. The van der Waals surface area contributed by atoms with Crippen LogP contribution in [-0.2, 0) is 13.1 Å². The zero-order valence-electron chi connectivity index (χ0n) is 16.0. The number of halogens is 2. The Hall–Kier alpha value is -2.93. The van der Waals surface area contributed by atoms with E-state index in [4.69, 9.17) is 0 Å². The van der Waals surface area contributed by atoms with E-state index in [1.165, 1.54) is 12.1 Å². The van der Waals surface area contributed by atoms with Gasteiger partial charge in [-0.25, -0.2) is 13.8 Å². The van der Waals surface area contributed by atoms with Crippen LogP contribution in [-0.4, -0.2) is 32.5 Å². The average Bonchev–Trinajstić information content (AvgIpc) is 2.74. The van der Waals surface area contributed by atoms with Gasteiger partial charge in [-0.2, -0.15) is 0 Å². The molecule has 0 saturated carbocycles. The summed E-state index contributed by atoms with van der Waals surface area (Å²) < 4.78 is 28.8. The van der Waals surface area contributed by atoms with Gasteiger partial charge in [0, 0.05) is 42.7 Å². The zero-order valence-corrected chi connectivity index (χ0v) is 16.0. The quantitative estimate of drug-likeness (QED) is 0.663. The molecule has 0 spiro atoms. The highest BCUT2D eigenvalue weighted by molar-refractivity contribution is 5.56. The zero-order chi connectivity index (χ0) is 20.2. The Morgan fingerprint density at radius 1 is 1.10 bits per heavy atom. The first kappa shape index (κ1) is 19.4. The molecule has 1 aliphatic rings. The molecule has 3 heterocycles. The van der Waals surface area contributed by atoms with Crippen molar-refractivity contribution in [2.24, 2.45) is 5.92 Å². The molecule has 0 radical (unpaired) electrons. The Labute approximate surface area is 167 Å². The monoisotopic (exact) mass is 396 g/mol. The summed E-state index contributed by atoms with van der Waals surface area (Å²) in [5.41, 5.74) is 1.74. The van der Waals surface area contributed by atoms with E-state index in [1.807, 2.05) is 12.1 Å². The van der Waals surface area contributed by atoms with Crippen LogP contribution < -0.4 is 5.56 Å². The van der Waals surface area contributed by atoms with Crippen LogP contribution >= 0.6 is 0 Å². The van der Waals surface area contributed by atoms with E-state index in [9.17, 15) is 13.6 Å². The second kappa shape index (κ2) is 8.61. The molecule has 0 unspecified atom stereocenters. The standard InChI is InChI=1S/C22H22F2N4O/c23-19-3-4-20(24)18(10-19)14-27-8-5-16(6-9-27)13-28-15-26-21(11-22(28)29)17-2-1-7-25-12-17/h1-4,7,10-12,15-16H,5-6,8-9,13-14H2. The molecule has 0 atom stereocenters. The van der Waals surface area contributed by atoms with Gasteiger partial charge in [-0.15, -0.1) is 0 Å². The first-order valence-corrected chi connectivity index (χ1v) is 9.71. The van der Waals surface area contributed by atoms with Crippen LogP contribution in [0.15, 0.2) is 59.9 Å². The van der Waals surface area contributed by atoms with E-state index in [0.29, 0.717) is 30.3 Å². The molecule has 5 nitrogen and oxygen atoms in total. The number of piperidine rings is 1. The van der Waals surface area contributed by atoms with Gasteiger partial charge in [0.25, 0.3) is 5.56 Å². The fourth-order valence-corrected chi connectivity index (χ4v) is 3.75. The van der Waals surface area contributed by atoms with Crippen LogP contribution in [0.25, 0.3) is 11.3 Å². The lowest BCUT2D eigenvalue weighted by molar-refractivity contribution is 0.164. The van der Waals surface area contributed by atoms with Gasteiger partial charge in [-0.3, -0.25) is 19.2 Å². The summed E-state index contributed by atoms with van der Waals surface area (Å²) >= 11 is 0. The minimum atomic E-state index is -0.419. The summed E-state index contributed by atoms with van der Waals surface area (Å²) in [6.45, 7) is 2.59. The van der Waals surface area contributed by atoms with Crippen LogP contribution in [0.2, 0.25) is 0 Å². The Kier molecular flexibility index (Phi) is 5.76.